The molecule has 112 valence electrons. The summed E-state index contributed by atoms with van der Waals surface area (Å²) in [4.78, 5) is 12.0. The quantitative estimate of drug-likeness (QED) is 0.880. The van der Waals surface area contributed by atoms with E-state index in [1.54, 1.807) is 36.1 Å². The van der Waals surface area contributed by atoms with Crippen molar-refractivity contribution in [3.63, 3.8) is 0 Å². The lowest BCUT2D eigenvalue weighted by atomic mass is 10.4. The Balaban J connectivity index is 2.04. The first-order valence-corrected chi connectivity index (χ1v) is 7.63. The molecule has 2 rings (SSSR count). The summed E-state index contributed by atoms with van der Waals surface area (Å²) in [6, 6.07) is 7.98. The first kappa shape index (κ1) is 15.2. The summed E-state index contributed by atoms with van der Waals surface area (Å²) in [6.45, 7) is -0.272. The molecule has 0 aliphatic rings. The smallest absolute Gasteiger partial charge is 0.243 e. The maximum Gasteiger partial charge on any atom is 0.243 e. The number of hydrogen-bond donors (Lipinski definition) is 1. The average molecular weight is 308 g/mol. The van der Waals surface area contributed by atoms with E-state index < -0.39 is 15.9 Å². The number of likely N-dealkylation sites (N-methyl/N-ethyl adjacent to an activating group) is 1. The van der Waals surface area contributed by atoms with Gasteiger partial charge >= 0.3 is 0 Å². The third kappa shape index (κ3) is 3.67. The lowest BCUT2D eigenvalue weighted by Gasteiger charge is -2.16. The van der Waals surface area contributed by atoms with Crippen molar-refractivity contribution in [3.05, 3.63) is 42.7 Å². The molecule has 0 fully saturated rings. The second-order valence-corrected chi connectivity index (χ2v) is 6.57. The van der Waals surface area contributed by atoms with Crippen molar-refractivity contribution >= 4 is 21.6 Å². The highest BCUT2D eigenvalue weighted by Crippen LogP contribution is 2.13. The predicted molar refractivity (Wildman–Crippen MR) is 78.1 cm³/mol. The standard InChI is InChI=1S/C13H16N4O3S/c1-16-9-11(8-14-16)15-13(18)10-17(2)21(19,20)12-6-4-3-5-7-12/h3-9H,10H2,1-2H3,(H,15,18). The van der Waals surface area contributed by atoms with E-state index in [1.165, 1.54) is 25.4 Å². The number of sulfonamides is 1. The molecular weight excluding hydrogens is 292 g/mol. The number of anilines is 1. The van der Waals surface area contributed by atoms with E-state index >= 15 is 0 Å². The molecule has 0 atom stereocenters. The molecule has 0 saturated heterocycles. The van der Waals surface area contributed by atoms with E-state index in [1.807, 2.05) is 0 Å². The summed E-state index contributed by atoms with van der Waals surface area (Å²) in [5.41, 5.74) is 0.521. The van der Waals surface area contributed by atoms with Gasteiger partial charge in [-0.3, -0.25) is 9.48 Å². The van der Waals surface area contributed by atoms with E-state index in [9.17, 15) is 13.2 Å². The van der Waals surface area contributed by atoms with Crippen molar-refractivity contribution in [1.82, 2.24) is 14.1 Å². The van der Waals surface area contributed by atoms with Crippen molar-refractivity contribution in [3.8, 4) is 0 Å². The third-order valence-electron chi connectivity index (χ3n) is 2.81. The highest BCUT2D eigenvalue weighted by Gasteiger charge is 2.22. The van der Waals surface area contributed by atoms with Crippen LogP contribution in [0.15, 0.2) is 47.6 Å². The first-order valence-electron chi connectivity index (χ1n) is 6.19. The molecule has 1 aromatic heterocycles. The Morgan fingerprint density at radius 2 is 2.00 bits per heavy atom. The highest BCUT2D eigenvalue weighted by molar-refractivity contribution is 7.89. The maximum absolute atomic E-state index is 12.3. The Morgan fingerprint density at radius 1 is 1.33 bits per heavy atom. The van der Waals surface area contributed by atoms with Gasteiger partial charge in [-0.15, -0.1) is 0 Å². The summed E-state index contributed by atoms with van der Waals surface area (Å²) in [6.07, 6.45) is 3.12. The van der Waals surface area contributed by atoms with Crippen molar-refractivity contribution in [2.24, 2.45) is 7.05 Å². The molecule has 0 saturated carbocycles. The topological polar surface area (TPSA) is 84.3 Å². The van der Waals surface area contributed by atoms with Crippen LogP contribution in [0, 0.1) is 0 Å². The summed E-state index contributed by atoms with van der Waals surface area (Å²) in [7, 11) is -0.579. The van der Waals surface area contributed by atoms with Crippen LogP contribution < -0.4 is 5.32 Å². The van der Waals surface area contributed by atoms with Crippen molar-refractivity contribution < 1.29 is 13.2 Å². The summed E-state index contributed by atoms with van der Waals surface area (Å²) < 4.78 is 27.1. The molecule has 0 radical (unpaired) electrons. The van der Waals surface area contributed by atoms with Crippen LogP contribution in [-0.4, -0.2) is 42.0 Å². The molecule has 21 heavy (non-hydrogen) atoms. The fraction of sp³-hybridized carbons (Fsp3) is 0.231. The Labute approximate surface area is 123 Å². The van der Waals surface area contributed by atoms with E-state index in [0.717, 1.165) is 4.31 Å². The normalized spacial score (nSPS) is 11.6. The van der Waals surface area contributed by atoms with Gasteiger partial charge in [0.2, 0.25) is 15.9 Å². The van der Waals surface area contributed by atoms with E-state index in [-0.39, 0.29) is 11.4 Å². The van der Waals surface area contributed by atoms with Gasteiger partial charge in [0.05, 0.1) is 23.3 Å². The number of carbonyl (C=O) groups excluding carboxylic acids is 1. The molecule has 1 aromatic carbocycles. The number of amides is 1. The number of carbonyl (C=O) groups is 1. The van der Waals surface area contributed by atoms with Crippen molar-refractivity contribution in [1.29, 1.82) is 0 Å². The average Bonchev–Trinajstić information content (AvgIpc) is 2.84. The Kier molecular flexibility index (Phi) is 4.39. The molecular formula is C13H16N4O3S. The molecule has 1 N–H and O–H groups in total. The van der Waals surface area contributed by atoms with E-state index in [0.29, 0.717) is 5.69 Å². The number of nitrogens with one attached hydrogen (secondary N) is 1. The minimum atomic E-state index is -3.67. The molecule has 0 bridgehead atoms. The largest absolute Gasteiger partial charge is 0.322 e. The van der Waals surface area contributed by atoms with Crippen LogP contribution >= 0.6 is 0 Å². The zero-order valence-electron chi connectivity index (χ0n) is 11.7. The van der Waals surface area contributed by atoms with Crippen molar-refractivity contribution in [2.75, 3.05) is 18.9 Å². The minimum absolute atomic E-state index is 0.154. The molecule has 0 spiro atoms. The highest BCUT2D eigenvalue weighted by atomic mass is 32.2. The number of hydrogen-bond acceptors (Lipinski definition) is 4. The second kappa shape index (κ2) is 6.06. The summed E-state index contributed by atoms with van der Waals surface area (Å²) >= 11 is 0. The number of rotatable bonds is 5. The van der Waals surface area contributed by atoms with Crippen LogP contribution in [0.5, 0.6) is 0 Å². The first-order chi connectivity index (χ1) is 9.89. The lowest BCUT2D eigenvalue weighted by molar-refractivity contribution is -0.116. The summed E-state index contributed by atoms with van der Waals surface area (Å²) in [5, 5.41) is 6.50. The second-order valence-electron chi connectivity index (χ2n) is 4.52. The Morgan fingerprint density at radius 3 is 2.57 bits per heavy atom. The van der Waals surface area contributed by atoms with Gasteiger partial charge in [0.25, 0.3) is 0 Å². The minimum Gasteiger partial charge on any atom is -0.322 e. The number of aromatic nitrogens is 2. The molecule has 2 aromatic rings. The summed E-state index contributed by atoms with van der Waals surface area (Å²) in [5.74, 6) is -0.426. The van der Waals surface area contributed by atoms with Gasteiger partial charge in [-0.2, -0.15) is 9.40 Å². The van der Waals surface area contributed by atoms with E-state index in [4.69, 9.17) is 0 Å². The van der Waals surface area contributed by atoms with Crippen LogP contribution in [0.3, 0.4) is 0 Å². The lowest BCUT2D eigenvalue weighted by Crippen LogP contribution is -2.34. The van der Waals surface area contributed by atoms with E-state index in [2.05, 4.69) is 10.4 Å². The fourth-order valence-corrected chi connectivity index (χ4v) is 2.89. The molecule has 0 aliphatic heterocycles. The molecule has 8 heteroatoms. The third-order valence-corrected chi connectivity index (χ3v) is 4.62. The Hall–Kier alpha value is -2.19. The van der Waals surface area contributed by atoms with Gasteiger partial charge in [0, 0.05) is 20.3 Å². The number of benzene rings is 1. The maximum atomic E-state index is 12.3. The van der Waals surface area contributed by atoms with Crippen LogP contribution in [0.2, 0.25) is 0 Å². The van der Waals surface area contributed by atoms with Crippen LogP contribution in [0.25, 0.3) is 0 Å². The predicted octanol–water partition coefficient (Wildman–Crippen LogP) is 0.679. The van der Waals surface area contributed by atoms with Crippen LogP contribution in [0.4, 0.5) is 5.69 Å². The van der Waals surface area contributed by atoms with Crippen LogP contribution in [0.1, 0.15) is 0 Å². The number of nitrogens with zero attached hydrogens (tertiary/aromatic N) is 3. The van der Waals surface area contributed by atoms with Gasteiger partial charge in [-0.25, -0.2) is 8.42 Å². The van der Waals surface area contributed by atoms with Crippen molar-refractivity contribution in [2.45, 2.75) is 4.90 Å². The number of aryl methyl sites for hydroxylation is 1. The monoisotopic (exact) mass is 308 g/mol. The van der Waals surface area contributed by atoms with Gasteiger partial charge in [-0.1, -0.05) is 18.2 Å². The molecule has 7 nitrogen and oxygen atoms in total. The fourth-order valence-electron chi connectivity index (χ4n) is 1.75. The zero-order valence-corrected chi connectivity index (χ0v) is 12.5. The SMILES string of the molecule is CN(CC(=O)Nc1cnn(C)c1)S(=O)(=O)c1ccccc1. The van der Waals surface area contributed by atoms with Gasteiger partial charge in [-0.05, 0) is 12.1 Å². The Bertz CT molecular complexity index is 725. The molecule has 1 amide bonds. The zero-order chi connectivity index (χ0) is 15.5. The van der Waals surface area contributed by atoms with Gasteiger partial charge in [0.1, 0.15) is 0 Å². The molecule has 0 aliphatic carbocycles. The van der Waals surface area contributed by atoms with Gasteiger partial charge < -0.3 is 5.32 Å². The molecule has 0 unspecified atom stereocenters. The van der Waals surface area contributed by atoms with Gasteiger partial charge in [0.15, 0.2) is 0 Å². The molecule has 1 heterocycles. The van der Waals surface area contributed by atoms with Crippen LogP contribution in [-0.2, 0) is 21.9 Å².